The third-order valence-corrected chi connectivity index (χ3v) is 3.53. The number of nitrogens with two attached hydrogens (primary N) is 1. The number of para-hydroxylation sites is 1. The monoisotopic (exact) mass is 308 g/mol. The number of aromatic nitrogens is 2. The molecule has 3 rings (SSSR count). The fraction of sp³-hybridized carbons (Fsp3) is 0.118. The second-order valence-corrected chi connectivity index (χ2v) is 5.17. The lowest BCUT2D eigenvalue weighted by Gasteiger charge is -2.07. The molecule has 0 fully saturated rings. The molecule has 3 N–H and O–H groups in total. The number of amides is 2. The van der Waals surface area contributed by atoms with E-state index in [0.717, 1.165) is 10.9 Å². The number of fused-ring (bicyclic) bond motifs is 1. The highest BCUT2D eigenvalue weighted by Crippen LogP contribution is 2.14. The van der Waals surface area contributed by atoms with Crippen molar-refractivity contribution in [2.45, 2.75) is 13.0 Å². The molecule has 0 saturated heterocycles. The van der Waals surface area contributed by atoms with E-state index in [0.29, 0.717) is 17.8 Å². The van der Waals surface area contributed by atoms with E-state index in [1.165, 1.54) is 0 Å². The van der Waals surface area contributed by atoms with Gasteiger partial charge in [-0.2, -0.15) is 5.10 Å². The van der Waals surface area contributed by atoms with E-state index in [1.54, 1.807) is 35.1 Å². The van der Waals surface area contributed by atoms with Crippen molar-refractivity contribution in [3.8, 4) is 0 Å². The Balaban J connectivity index is 1.64. The number of nitrogens with zero attached hydrogens (tertiary/aromatic N) is 2. The second kappa shape index (κ2) is 6.31. The van der Waals surface area contributed by atoms with E-state index >= 15 is 0 Å². The molecule has 23 heavy (non-hydrogen) atoms. The van der Waals surface area contributed by atoms with Gasteiger partial charge in [0.25, 0.3) is 0 Å². The molecule has 2 amide bonds. The molecule has 0 saturated carbocycles. The summed E-state index contributed by atoms with van der Waals surface area (Å²) in [5.41, 5.74) is 7.14. The number of hydrogen-bond acceptors (Lipinski definition) is 3. The van der Waals surface area contributed by atoms with E-state index in [4.69, 9.17) is 5.73 Å². The Kier molecular flexibility index (Phi) is 4.05. The smallest absolute Gasteiger partial charge is 0.248 e. The van der Waals surface area contributed by atoms with Crippen LogP contribution in [-0.4, -0.2) is 21.6 Å². The number of primary amides is 1. The zero-order valence-electron chi connectivity index (χ0n) is 12.4. The van der Waals surface area contributed by atoms with Crippen molar-refractivity contribution in [2.75, 3.05) is 5.32 Å². The van der Waals surface area contributed by atoms with Gasteiger partial charge in [0.05, 0.1) is 18.3 Å². The molecule has 0 aliphatic rings. The van der Waals surface area contributed by atoms with Crippen LogP contribution in [-0.2, 0) is 11.3 Å². The number of rotatable bonds is 5. The largest absolute Gasteiger partial charge is 0.366 e. The van der Waals surface area contributed by atoms with Crippen molar-refractivity contribution in [1.82, 2.24) is 9.78 Å². The lowest BCUT2D eigenvalue weighted by Crippen LogP contribution is -2.16. The maximum atomic E-state index is 12.1. The summed E-state index contributed by atoms with van der Waals surface area (Å²) in [5.74, 6) is -0.671. The molecule has 0 bridgehead atoms. The molecule has 0 aliphatic heterocycles. The van der Waals surface area contributed by atoms with Crippen LogP contribution in [0.15, 0.2) is 54.7 Å². The van der Waals surface area contributed by atoms with Crippen molar-refractivity contribution in [3.05, 3.63) is 60.3 Å². The van der Waals surface area contributed by atoms with Crippen LogP contribution in [0.1, 0.15) is 16.8 Å². The molecule has 0 spiro atoms. The van der Waals surface area contributed by atoms with Crippen molar-refractivity contribution < 1.29 is 9.59 Å². The van der Waals surface area contributed by atoms with Gasteiger partial charge in [-0.05, 0) is 24.3 Å². The van der Waals surface area contributed by atoms with E-state index in [9.17, 15) is 9.59 Å². The molecular weight excluding hydrogens is 292 g/mol. The summed E-state index contributed by atoms with van der Waals surface area (Å²) in [6, 6.07) is 14.4. The van der Waals surface area contributed by atoms with E-state index in [2.05, 4.69) is 10.4 Å². The Labute approximate surface area is 132 Å². The van der Waals surface area contributed by atoms with Gasteiger partial charge in [-0.15, -0.1) is 0 Å². The Morgan fingerprint density at radius 3 is 2.78 bits per heavy atom. The molecule has 0 atom stereocenters. The summed E-state index contributed by atoms with van der Waals surface area (Å²) in [6.45, 7) is 0.481. The first-order valence-corrected chi connectivity index (χ1v) is 7.24. The molecule has 3 aromatic rings. The highest BCUT2D eigenvalue weighted by molar-refractivity contribution is 5.96. The first kappa shape index (κ1) is 14.8. The van der Waals surface area contributed by atoms with Gasteiger partial charge in [0.2, 0.25) is 11.8 Å². The fourth-order valence-electron chi connectivity index (χ4n) is 2.39. The molecule has 6 nitrogen and oxygen atoms in total. The Bertz CT molecular complexity index is 870. The zero-order valence-corrected chi connectivity index (χ0v) is 12.4. The molecule has 1 aromatic heterocycles. The van der Waals surface area contributed by atoms with E-state index in [1.807, 2.05) is 24.3 Å². The topological polar surface area (TPSA) is 90.0 Å². The molecule has 0 aliphatic carbocycles. The second-order valence-electron chi connectivity index (χ2n) is 5.17. The summed E-state index contributed by atoms with van der Waals surface area (Å²) < 4.78 is 1.80. The van der Waals surface area contributed by atoms with Gasteiger partial charge in [0, 0.05) is 23.1 Å². The minimum Gasteiger partial charge on any atom is -0.366 e. The number of carbonyl (C=O) groups is 2. The van der Waals surface area contributed by atoms with Gasteiger partial charge >= 0.3 is 0 Å². The Hall–Kier alpha value is -3.15. The highest BCUT2D eigenvalue weighted by Gasteiger charge is 2.07. The minimum absolute atomic E-state index is 0.147. The Morgan fingerprint density at radius 2 is 1.96 bits per heavy atom. The molecule has 0 unspecified atom stereocenters. The van der Waals surface area contributed by atoms with Crippen molar-refractivity contribution >= 4 is 28.4 Å². The summed E-state index contributed by atoms with van der Waals surface area (Å²) in [7, 11) is 0. The van der Waals surface area contributed by atoms with Gasteiger partial charge in [-0.1, -0.05) is 24.3 Å². The fourth-order valence-corrected chi connectivity index (χ4v) is 2.39. The number of nitrogens with one attached hydrogen (secondary N) is 1. The summed E-state index contributed by atoms with van der Waals surface area (Å²) in [4.78, 5) is 23.2. The quantitative estimate of drug-likeness (QED) is 0.757. The summed E-state index contributed by atoms with van der Waals surface area (Å²) in [5, 5.41) is 8.09. The molecule has 1 heterocycles. The maximum Gasteiger partial charge on any atom is 0.248 e. The average Bonchev–Trinajstić information content (AvgIpc) is 2.96. The van der Waals surface area contributed by atoms with Crippen LogP contribution in [0.25, 0.3) is 10.9 Å². The highest BCUT2D eigenvalue weighted by atomic mass is 16.2. The lowest BCUT2D eigenvalue weighted by molar-refractivity contribution is -0.116. The molecule has 116 valence electrons. The Morgan fingerprint density at radius 1 is 1.13 bits per heavy atom. The van der Waals surface area contributed by atoms with E-state index in [-0.39, 0.29) is 12.3 Å². The van der Waals surface area contributed by atoms with Crippen LogP contribution in [0, 0.1) is 0 Å². The van der Waals surface area contributed by atoms with Crippen molar-refractivity contribution in [1.29, 1.82) is 0 Å². The van der Waals surface area contributed by atoms with E-state index < -0.39 is 5.91 Å². The first-order valence-electron chi connectivity index (χ1n) is 7.24. The number of benzene rings is 2. The zero-order chi connectivity index (χ0) is 16.2. The van der Waals surface area contributed by atoms with Gasteiger partial charge in [-0.3, -0.25) is 14.3 Å². The minimum atomic E-state index is -0.524. The van der Waals surface area contributed by atoms with Crippen LogP contribution in [0.2, 0.25) is 0 Å². The van der Waals surface area contributed by atoms with Crippen LogP contribution in [0.5, 0.6) is 0 Å². The van der Waals surface area contributed by atoms with Crippen LogP contribution < -0.4 is 11.1 Å². The third-order valence-electron chi connectivity index (χ3n) is 3.53. The summed E-state index contributed by atoms with van der Waals surface area (Å²) >= 11 is 0. The predicted molar refractivity (Wildman–Crippen MR) is 87.9 cm³/mol. The molecule has 0 radical (unpaired) electrons. The van der Waals surface area contributed by atoms with Gasteiger partial charge in [0.1, 0.15) is 0 Å². The SMILES string of the molecule is NC(=O)c1cccc(NC(=O)CCn2ncc3ccccc32)c1. The average molecular weight is 308 g/mol. The number of aryl methyl sites for hydroxylation is 1. The molecule has 6 heteroatoms. The predicted octanol–water partition coefficient (Wildman–Crippen LogP) is 2.16. The van der Waals surface area contributed by atoms with Gasteiger partial charge in [-0.25, -0.2) is 0 Å². The maximum absolute atomic E-state index is 12.1. The molecular formula is C17H16N4O2. The number of anilines is 1. The number of carbonyl (C=O) groups excluding carboxylic acids is 2. The van der Waals surface area contributed by atoms with Crippen LogP contribution >= 0.6 is 0 Å². The normalized spacial score (nSPS) is 10.6. The standard InChI is InChI=1S/C17H16N4O2/c18-17(23)12-5-3-6-14(10-12)20-16(22)8-9-21-15-7-2-1-4-13(15)11-19-21/h1-7,10-11H,8-9H2,(H2,18,23)(H,20,22). The van der Waals surface area contributed by atoms with Gasteiger partial charge in [0.15, 0.2) is 0 Å². The number of hydrogen-bond donors (Lipinski definition) is 2. The van der Waals surface area contributed by atoms with Crippen molar-refractivity contribution in [2.24, 2.45) is 5.73 Å². The third kappa shape index (κ3) is 3.37. The van der Waals surface area contributed by atoms with Gasteiger partial charge < -0.3 is 11.1 Å². The van der Waals surface area contributed by atoms with Crippen molar-refractivity contribution in [3.63, 3.8) is 0 Å². The van der Waals surface area contributed by atoms with Crippen LogP contribution in [0.4, 0.5) is 5.69 Å². The summed E-state index contributed by atoms with van der Waals surface area (Å²) in [6.07, 6.45) is 2.07. The molecule has 2 aromatic carbocycles. The first-order chi connectivity index (χ1) is 11.1. The lowest BCUT2D eigenvalue weighted by atomic mass is 10.2. The van der Waals surface area contributed by atoms with Crippen LogP contribution in [0.3, 0.4) is 0 Å².